The van der Waals surface area contributed by atoms with Crippen molar-refractivity contribution in [2.24, 2.45) is 0 Å². The Morgan fingerprint density at radius 3 is 2.63 bits per heavy atom. The Morgan fingerprint density at radius 2 is 2.00 bits per heavy atom. The molecule has 0 saturated carbocycles. The van der Waals surface area contributed by atoms with Gasteiger partial charge >= 0.3 is 0 Å². The molecule has 3 heteroatoms. The van der Waals surface area contributed by atoms with Crippen LogP contribution in [0.15, 0.2) is 36.7 Å². The molecule has 1 aromatic heterocycles. The van der Waals surface area contributed by atoms with Gasteiger partial charge in [-0.05, 0) is 35.7 Å². The Kier molecular flexibility index (Phi) is 3.82. The van der Waals surface area contributed by atoms with Crippen molar-refractivity contribution >= 4 is 0 Å². The summed E-state index contributed by atoms with van der Waals surface area (Å²) in [7, 11) is 1.64. The Hall–Kier alpha value is -2.34. The molecule has 0 spiro atoms. The van der Waals surface area contributed by atoms with Gasteiger partial charge in [-0.25, -0.2) is 0 Å². The third-order valence-corrected chi connectivity index (χ3v) is 3.10. The van der Waals surface area contributed by atoms with Crippen molar-refractivity contribution in [3.8, 4) is 22.9 Å². The summed E-state index contributed by atoms with van der Waals surface area (Å²) in [5.74, 6) is 1.14. The second kappa shape index (κ2) is 5.53. The zero-order valence-corrected chi connectivity index (χ0v) is 11.3. The van der Waals surface area contributed by atoms with Crippen LogP contribution in [0, 0.1) is 11.3 Å². The number of nitrogens with zero attached hydrogens (tertiary/aromatic N) is 2. The summed E-state index contributed by atoms with van der Waals surface area (Å²) in [4.78, 5) is 4.20. The van der Waals surface area contributed by atoms with Gasteiger partial charge < -0.3 is 4.74 Å². The summed E-state index contributed by atoms with van der Waals surface area (Å²) < 4.78 is 5.40. The smallest absolute Gasteiger partial charge is 0.126 e. The third kappa shape index (κ3) is 2.58. The molecule has 3 nitrogen and oxygen atoms in total. The normalized spacial score (nSPS) is 10.3. The predicted molar refractivity (Wildman–Crippen MR) is 75.0 cm³/mol. The van der Waals surface area contributed by atoms with Crippen molar-refractivity contribution in [1.82, 2.24) is 4.98 Å². The van der Waals surface area contributed by atoms with Gasteiger partial charge in [-0.3, -0.25) is 4.98 Å². The lowest BCUT2D eigenvalue weighted by Crippen LogP contribution is -1.96. The number of hydrogen-bond acceptors (Lipinski definition) is 3. The van der Waals surface area contributed by atoms with Gasteiger partial charge in [-0.1, -0.05) is 13.8 Å². The van der Waals surface area contributed by atoms with Crippen LogP contribution in [-0.2, 0) is 0 Å². The van der Waals surface area contributed by atoms with E-state index < -0.39 is 0 Å². The van der Waals surface area contributed by atoms with Crippen molar-refractivity contribution in [3.05, 3.63) is 47.8 Å². The third-order valence-electron chi connectivity index (χ3n) is 3.10. The molecule has 0 aliphatic carbocycles. The van der Waals surface area contributed by atoms with Gasteiger partial charge in [0.15, 0.2) is 0 Å². The highest BCUT2D eigenvalue weighted by Gasteiger charge is 2.13. The summed E-state index contributed by atoms with van der Waals surface area (Å²) in [6, 6.07) is 9.60. The fraction of sp³-hybridized carbons (Fsp3) is 0.250. The van der Waals surface area contributed by atoms with Crippen LogP contribution in [0.5, 0.6) is 5.75 Å². The van der Waals surface area contributed by atoms with E-state index in [1.54, 1.807) is 19.4 Å². The van der Waals surface area contributed by atoms with Crippen LogP contribution in [-0.4, -0.2) is 12.1 Å². The van der Waals surface area contributed by atoms with Gasteiger partial charge in [0.25, 0.3) is 0 Å². The van der Waals surface area contributed by atoms with E-state index in [4.69, 9.17) is 10.00 Å². The topological polar surface area (TPSA) is 45.9 Å². The van der Waals surface area contributed by atoms with Crippen molar-refractivity contribution in [2.45, 2.75) is 19.8 Å². The van der Waals surface area contributed by atoms with Crippen molar-refractivity contribution < 1.29 is 4.74 Å². The highest BCUT2D eigenvalue weighted by molar-refractivity contribution is 5.74. The first-order chi connectivity index (χ1) is 9.17. The molecule has 1 aromatic carbocycles. The summed E-state index contributed by atoms with van der Waals surface area (Å²) in [6.07, 6.45) is 3.62. The first-order valence-electron chi connectivity index (χ1n) is 6.19. The summed E-state index contributed by atoms with van der Waals surface area (Å²) in [6.45, 7) is 4.28. The van der Waals surface area contributed by atoms with Crippen molar-refractivity contribution in [1.29, 1.82) is 5.26 Å². The molecule has 0 bridgehead atoms. The Bertz CT molecular complexity index is 627. The van der Waals surface area contributed by atoms with E-state index in [0.29, 0.717) is 11.5 Å². The summed E-state index contributed by atoms with van der Waals surface area (Å²) in [5, 5.41) is 9.04. The van der Waals surface area contributed by atoms with E-state index in [1.165, 1.54) is 5.56 Å². The molecule has 0 saturated heterocycles. The average Bonchev–Trinajstić information content (AvgIpc) is 2.46. The zero-order valence-electron chi connectivity index (χ0n) is 11.3. The maximum Gasteiger partial charge on any atom is 0.126 e. The number of benzene rings is 1. The number of aromatic nitrogens is 1. The lowest BCUT2D eigenvalue weighted by atomic mass is 9.93. The maximum absolute atomic E-state index is 9.04. The molecule has 0 radical (unpaired) electrons. The summed E-state index contributed by atoms with van der Waals surface area (Å²) in [5.41, 5.74) is 3.75. The fourth-order valence-electron chi connectivity index (χ4n) is 2.12. The molecular formula is C16H16N2O. The molecule has 0 atom stereocenters. The molecule has 0 unspecified atom stereocenters. The first kappa shape index (κ1) is 13.1. The first-order valence-corrected chi connectivity index (χ1v) is 6.19. The second-order valence-electron chi connectivity index (χ2n) is 4.64. The SMILES string of the molecule is COc1ccc(C#N)cc1-c1cnccc1C(C)C. The molecule has 0 amide bonds. The minimum Gasteiger partial charge on any atom is -0.496 e. The molecule has 0 N–H and O–H groups in total. The number of hydrogen-bond donors (Lipinski definition) is 0. The second-order valence-corrected chi connectivity index (χ2v) is 4.64. The monoisotopic (exact) mass is 252 g/mol. The minimum atomic E-state index is 0.383. The van der Waals surface area contributed by atoms with E-state index in [-0.39, 0.29) is 0 Å². The molecule has 0 fully saturated rings. The molecule has 1 heterocycles. The molecule has 2 rings (SSSR count). The van der Waals surface area contributed by atoms with Crippen molar-refractivity contribution in [3.63, 3.8) is 0 Å². The van der Waals surface area contributed by atoms with Gasteiger partial charge in [-0.2, -0.15) is 5.26 Å². The quantitative estimate of drug-likeness (QED) is 0.835. The van der Waals surface area contributed by atoms with Crippen LogP contribution in [0.3, 0.4) is 0 Å². The lowest BCUT2D eigenvalue weighted by molar-refractivity contribution is 0.416. The van der Waals surface area contributed by atoms with Crippen LogP contribution in [0.4, 0.5) is 0 Å². The van der Waals surface area contributed by atoms with Crippen LogP contribution in [0.1, 0.15) is 30.9 Å². The van der Waals surface area contributed by atoms with Gasteiger partial charge in [-0.15, -0.1) is 0 Å². The Labute approximate surface area is 113 Å². The van der Waals surface area contributed by atoms with Gasteiger partial charge in [0.2, 0.25) is 0 Å². The van der Waals surface area contributed by atoms with Crippen LogP contribution < -0.4 is 4.74 Å². The van der Waals surface area contributed by atoms with E-state index >= 15 is 0 Å². The van der Waals surface area contributed by atoms with E-state index in [2.05, 4.69) is 24.9 Å². The predicted octanol–water partition coefficient (Wildman–Crippen LogP) is 3.75. The van der Waals surface area contributed by atoms with E-state index in [1.807, 2.05) is 24.4 Å². The van der Waals surface area contributed by atoms with E-state index in [9.17, 15) is 0 Å². The molecule has 96 valence electrons. The molecule has 0 aliphatic rings. The van der Waals surface area contributed by atoms with Gasteiger partial charge in [0.05, 0.1) is 18.7 Å². The fourth-order valence-corrected chi connectivity index (χ4v) is 2.12. The minimum absolute atomic E-state index is 0.383. The number of nitriles is 1. The molecular weight excluding hydrogens is 236 g/mol. The number of rotatable bonds is 3. The number of methoxy groups -OCH3 is 1. The van der Waals surface area contributed by atoms with Crippen molar-refractivity contribution in [2.75, 3.05) is 7.11 Å². The number of pyridine rings is 1. The Morgan fingerprint density at radius 1 is 1.21 bits per heavy atom. The molecule has 2 aromatic rings. The standard InChI is InChI=1S/C16H16N2O/c1-11(2)13-6-7-18-10-15(13)14-8-12(9-17)4-5-16(14)19-3/h4-8,10-11H,1-3H3. The molecule has 0 aliphatic heterocycles. The number of ether oxygens (including phenoxy) is 1. The van der Waals surface area contributed by atoms with Crippen LogP contribution in [0.25, 0.3) is 11.1 Å². The summed E-state index contributed by atoms with van der Waals surface area (Å²) >= 11 is 0. The van der Waals surface area contributed by atoms with E-state index in [0.717, 1.165) is 16.9 Å². The zero-order chi connectivity index (χ0) is 13.8. The highest BCUT2D eigenvalue weighted by Crippen LogP contribution is 2.35. The maximum atomic E-state index is 9.04. The van der Waals surface area contributed by atoms with Crippen LogP contribution >= 0.6 is 0 Å². The van der Waals surface area contributed by atoms with Crippen LogP contribution in [0.2, 0.25) is 0 Å². The lowest BCUT2D eigenvalue weighted by Gasteiger charge is -2.15. The van der Waals surface area contributed by atoms with Gasteiger partial charge in [0.1, 0.15) is 5.75 Å². The molecule has 19 heavy (non-hydrogen) atoms. The Balaban J connectivity index is 2.67. The average molecular weight is 252 g/mol. The largest absolute Gasteiger partial charge is 0.496 e. The van der Waals surface area contributed by atoms with Gasteiger partial charge in [0, 0.05) is 23.5 Å². The highest BCUT2D eigenvalue weighted by atomic mass is 16.5.